The van der Waals surface area contributed by atoms with Gasteiger partial charge in [-0.3, -0.25) is 14.4 Å². The number of carboxylic acids is 1. The van der Waals surface area contributed by atoms with Gasteiger partial charge in [0.1, 0.15) is 0 Å². The molecule has 2 heterocycles. The second-order valence-electron chi connectivity index (χ2n) is 10.3. The number of para-hydroxylation sites is 1. The van der Waals surface area contributed by atoms with Gasteiger partial charge in [-0.25, -0.2) is 0 Å². The lowest BCUT2D eigenvalue weighted by atomic mass is 9.89. The Morgan fingerprint density at radius 2 is 1.56 bits per heavy atom. The first-order valence-corrected chi connectivity index (χ1v) is 13.7. The molecule has 2 aliphatic rings. The highest BCUT2D eigenvalue weighted by Gasteiger charge is 2.38. The van der Waals surface area contributed by atoms with Crippen LogP contribution in [0, 0.1) is 5.92 Å². The lowest BCUT2D eigenvalue weighted by Crippen LogP contribution is -2.47. The molecule has 2 aliphatic heterocycles. The van der Waals surface area contributed by atoms with Crippen molar-refractivity contribution in [1.29, 1.82) is 0 Å². The van der Waals surface area contributed by atoms with Crippen LogP contribution in [0.3, 0.4) is 0 Å². The molecule has 0 saturated carbocycles. The van der Waals surface area contributed by atoms with Crippen LogP contribution in [-0.4, -0.2) is 42.0 Å². The fourth-order valence-electron chi connectivity index (χ4n) is 5.86. The van der Waals surface area contributed by atoms with Crippen molar-refractivity contribution < 1.29 is 19.5 Å². The molecule has 1 saturated heterocycles. The molecule has 2 amide bonds. The van der Waals surface area contributed by atoms with Crippen LogP contribution in [-0.2, 0) is 9.59 Å². The van der Waals surface area contributed by atoms with Gasteiger partial charge in [0.2, 0.25) is 5.91 Å². The maximum atomic E-state index is 13.8. The lowest BCUT2D eigenvalue weighted by Gasteiger charge is -2.43. The number of carboxylic acid groups (broad SMARTS) is 1. The Labute approximate surface area is 233 Å². The van der Waals surface area contributed by atoms with Crippen molar-refractivity contribution in [2.45, 2.75) is 45.2 Å². The van der Waals surface area contributed by atoms with E-state index in [1.54, 1.807) is 24.0 Å². The number of piperidine rings is 1. The molecule has 0 unspecified atom stereocenters. The second-order valence-corrected chi connectivity index (χ2v) is 10.8. The number of fused-ring (bicyclic) bond motifs is 1. The van der Waals surface area contributed by atoms with E-state index in [2.05, 4.69) is 4.90 Å². The summed E-state index contributed by atoms with van der Waals surface area (Å²) in [6.45, 7) is 4.94. The number of rotatable bonds is 5. The SMILES string of the molecule is CC(=O)N(c1ccc(Cl)cc1)[C@@H]1C[C@H](C)N(C(=O)c2ccc(N3CCC(C(=O)O)CC3)cc2)c2ccccc21. The molecule has 5 rings (SSSR count). The molecule has 1 fully saturated rings. The van der Waals surface area contributed by atoms with Crippen molar-refractivity contribution in [3.63, 3.8) is 0 Å². The first kappa shape index (κ1) is 26.8. The zero-order valence-corrected chi connectivity index (χ0v) is 22.8. The summed E-state index contributed by atoms with van der Waals surface area (Å²) in [6.07, 6.45) is 1.82. The zero-order chi connectivity index (χ0) is 27.7. The fraction of sp³-hybridized carbons (Fsp3) is 0.323. The summed E-state index contributed by atoms with van der Waals surface area (Å²) in [5.41, 5.74) is 4.06. The maximum Gasteiger partial charge on any atom is 0.306 e. The van der Waals surface area contributed by atoms with Crippen LogP contribution >= 0.6 is 11.6 Å². The molecule has 8 heteroatoms. The number of hydrogen-bond acceptors (Lipinski definition) is 4. The smallest absolute Gasteiger partial charge is 0.306 e. The molecular weight excluding hydrogens is 514 g/mol. The molecule has 0 radical (unpaired) electrons. The van der Waals surface area contributed by atoms with Crippen LogP contribution in [0.4, 0.5) is 17.1 Å². The monoisotopic (exact) mass is 545 g/mol. The van der Waals surface area contributed by atoms with Crippen molar-refractivity contribution in [3.05, 3.63) is 88.9 Å². The quantitative estimate of drug-likeness (QED) is 0.414. The van der Waals surface area contributed by atoms with Gasteiger partial charge in [0.25, 0.3) is 5.91 Å². The molecule has 0 aliphatic carbocycles. The highest BCUT2D eigenvalue weighted by molar-refractivity contribution is 6.30. The molecule has 3 aromatic rings. The standard InChI is InChI=1S/C31H32ClN3O4/c1-20-19-29(35(21(2)36)26-13-9-24(32)10-14-26)27-5-3-4-6-28(27)34(20)30(37)22-7-11-25(12-8-22)33-17-15-23(16-18-33)31(38)39/h3-14,20,23,29H,15-19H2,1-2H3,(H,38,39)/t20-,29+/m0/s1. The summed E-state index contributed by atoms with van der Waals surface area (Å²) >= 11 is 6.10. The second kappa shape index (κ2) is 11.1. The Hall–Kier alpha value is -3.84. The van der Waals surface area contributed by atoms with Gasteiger partial charge >= 0.3 is 5.97 Å². The van der Waals surface area contributed by atoms with Gasteiger partial charge in [-0.05, 0) is 86.3 Å². The number of amides is 2. The largest absolute Gasteiger partial charge is 0.481 e. The summed E-state index contributed by atoms with van der Waals surface area (Å²) in [5.74, 6) is -1.18. The van der Waals surface area contributed by atoms with E-state index >= 15 is 0 Å². The first-order chi connectivity index (χ1) is 18.7. The van der Waals surface area contributed by atoms with Crippen molar-refractivity contribution in [1.82, 2.24) is 0 Å². The molecule has 0 spiro atoms. The Morgan fingerprint density at radius 3 is 2.18 bits per heavy atom. The van der Waals surface area contributed by atoms with E-state index in [-0.39, 0.29) is 29.8 Å². The molecule has 7 nitrogen and oxygen atoms in total. The van der Waals surface area contributed by atoms with Crippen molar-refractivity contribution >= 4 is 46.4 Å². The number of hydrogen-bond donors (Lipinski definition) is 1. The minimum Gasteiger partial charge on any atom is -0.481 e. The molecule has 3 aromatic carbocycles. The predicted octanol–water partition coefficient (Wildman–Crippen LogP) is 6.17. The minimum atomic E-state index is -0.728. The van der Waals surface area contributed by atoms with Gasteiger partial charge in [0.15, 0.2) is 0 Å². The number of benzene rings is 3. The van der Waals surface area contributed by atoms with Gasteiger partial charge < -0.3 is 19.8 Å². The van der Waals surface area contributed by atoms with Crippen LogP contribution in [0.15, 0.2) is 72.8 Å². The Morgan fingerprint density at radius 1 is 0.923 bits per heavy atom. The van der Waals surface area contributed by atoms with Crippen LogP contribution in [0.2, 0.25) is 5.02 Å². The first-order valence-electron chi connectivity index (χ1n) is 13.3. The number of anilines is 3. The molecule has 202 valence electrons. The van der Waals surface area contributed by atoms with Gasteiger partial charge in [-0.2, -0.15) is 0 Å². The number of carbonyl (C=O) groups excluding carboxylic acids is 2. The summed E-state index contributed by atoms with van der Waals surface area (Å²) in [4.78, 5) is 43.8. The van der Waals surface area contributed by atoms with Gasteiger partial charge in [0, 0.05) is 53.7 Å². The number of halogens is 1. The predicted molar refractivity (Wildman–Crippen MR) is 154 cm³/mol. The normalized spacial score (nSPS) is 19.4. The van der Waals surface area contributed by atoms with Crippen LogP contribution in [0.1, 0.15) is 55.1 Å². The van der Waals surface area contributed by atoms with E-state index in [1.807, 2.05) is 72.5 Å². The lowest BCUT2D eigenvalue weighted by molar-refractivity contribution is -0.142. The third-order valence-corrected chi connectivity index (χ3v) is 8.11. The van der Waals surface area contributed by atoms with Gasteiger partial charge in [-0.1, -0.05) is 29.8 Å². The van der Waals surface area contributed by atoms with E-state index in [0.29, 0.717) is 42.9 Å². The molecule has 39 heavy (non-hydrogen) atoms. The number of nitrogens with zero attached hydrogens (tertiary/aromatic N) is 3. The molecule has 0 bridgehead atoms. The minimum absolute atomic E-state index is 0.0768. The summed E-state index contributed by atoms with van der Waals surface area (Å²) in [7, 11) is 0. The Kier molecular flexibility index (Phi) is 7.62. The molecular formula is C31H32ClN3O4. The third-order valence-electron chi connectivity index (χ3n) is 7.86. The number of carbonyl (C=O) groups is 3. The van der Waals surface area contributed by atoms with Crippen molar-refractivity contribution in [2.75, 3.05) is 27.8 Å². The fourth-order valence-corrected chi connectivity index (χ4v) is 5.98. The Balaban J connectivity index is 1.40. The highest BCUT2D eigenvalue weighted by atomic mass is 35.5. The van der Waals surface area contributed by atoms with Crippen molar-refractivity contribution in [2.24, 2.45) is 5.92 Å². The third kappa shape index (κ3) is 5.36. The van der Waals surface area contributed by atoms with Crippen LogP contribution in [0.5, 0.6) is 0 Å². The van der Waals surface area contributed by atoms with E-state index < -0.39 is 5.97 Å². The zero-order valence-electron chi connectivity index (χ0n) is 22.1. The topological polar surface area (TPSA) is 81.2 Å². The molecule has 0 aromatic heterocycles. The number of aliphatic carboxylic acids is 1. The van der Waals surface area contributed by atoms with E-state index in [4.69, 9.17) is 11.6 Å². The van der Waals surface area contributed by atoms with Gasteiger partial charge in [0.05, 0.1) is 12.0 Å². The van der Waals surface area contributed by atoms with Crippen LogP contribution in [0.25, 0.3) is 0 Å². The van der Waals surface area contributed by atoms with Crippen molar-refractivity contribution in [3.8, 4) is 0 Å². The maximum absolute atomic E-state index is 13.8. The van der Waals surface area contributed by atoms with E-state index in [1.165, 1.54) is 0 Å². The Bertz CT molecular complexity index is 1370. The molecule has 1 N–H and O–H groups in total. The average molecular weight is 546 g/mol. The molecule has 2 atom stereocenters. The summed E-state index contributed by atoms with van der Waals surface area (Å²) < 4.78 is 0. The van der Waals surface area contributed by atoms with E-state index in [9.17, 15) is 19.5 Å². The summed E-state index contributed by atoms with van der Waals surface area (Å²) in [5, 5.41) is 9.87. The van der Waals surface area contributed by atoms with Crippen LogP contribution < -0.4 is 14.7 Å². The van der Waals surface area contributed by atoms with E-state index in [0.717, 1.165) is 22.6 Å². The average Bonchev–Trinajstić information content (AvgIpc) is 2.94. The van der Waals surface area contributed by atoms with Gasteiger partial charge in [-0.15, -0.1) is 0 Å². The highest BCUT2D eigenvalue weighted by Crippen LogP contribution is 2.43. The summed E-state index contributed by atoms with van der Waals surface area (Å²) in [6, 6.07) is 22.2.